The van der Waals surface area contributed by atoms with Crippen LogP contribution in [0.25, 0.3) is 11.1 Å². The van der Waals surface area contributed by atoms with Crippen LogP contribution < -0.4 is 15.7 Å². The van der Waals surface area contributed by atoms with E-state index in [0.29, 0.717) is 23.8 Å². The number of hydrogen-bond acceptors (Lipinski definition) is 5. The molecule has 0 bridgehead atoms. The van der Waals surface area contributed by atoms with Gasteiger partial charge in [0.2, 0.25) is 0 Å². The van der Waals surface area contributed by atoms with Gasteiger partial charge < -0.3 is 20.5 Å². The normalized spacial score (nSPS) is 17.4. The van der Waals surface area contributed by atoms with Crippen LogP contribution in [0.2, 0.25) is 0 Å². The van der Waals surface area contributed by atoms with Gasteiger partial charge in [0, 0.05) is 18.2 Å². The third-order valence-corrected chi connectivity index (χ3v) is 9.89. The zero-order chi connectivity index (χ0) is 29.0. The predicted molar refractivity (Wildman–Crippen MR) is 169 cm³/mol. The van der Waals surface area contributed by atoms with Gasteiger partial charge in [-0.25, -0.2) is 0 Å². The van der Waals surface area contributed by atoms with Crippen LogP contribution >= 0.6 is 11.8 Å². The second-order valence-electron chi connectivity index (χ2n) is 12.4. The van der Waals surface area contributed by atoms with Gasteiger partial charge in [0.1, 0.15) is 0 Å². The molecular weight excluding hydrogens is 528 g/mol. The van der Waals surface area contributed by atoms with Crippen molar-refractivity contribution in [3.63, 3.8) is 0 Å². The number of rotatable bonds is 14. The number of carbonyl (C=O) groups excluding carboxylic acids is 2. The van der Waals surface area contributed by atoms with Crippen molar-refractivity contribution in [3.8, 4) is 11.1 Å². The molecule has 2 fully saturated rings. The number of thioether (sulfide) groups is 1. The molecule has 224 valence electrons. The first-order valence-electron chi connectivity index (χ1n) is 15.9. The van der Waals surface area contributed by atoms with E-state index in [-0.39, 0.29) is 5.91 Å². The lowest BCUT2D eigenvalue weighted by molar-refractivity contribution is -0.308. The van der Waals surface area contributed by atoms with E-state index in [0.717, 1.165) is 40.6 Å². The van der Waals surface area contributed by atoms with Crippen LogP contribution in [0.4, 0.5) is 0 Å². The first-order valence-corrected chi connectivity index (χ1v) is 17.3. The Labute approximate surface area is 251 Å². The first-order chi connectivity index (χ1) is 19.9. The summed E-state index contributed by atoms with van der Waals surface area (Å²) in [5, 5.41) is 18.4. The molecule has 0 aliphatic heterocycles. The molecule has 0 saturated heterocycles. The molecule has 2 aliphatic rings. The van der Waals surface area contributed by atoms with Crippen molar-refractivity contribution in [1.82, 2.24) is 10.6 Å². The van der Waals surface area contributed by atoms with Crippen molar-refractivity contribution < 1.29 is 14.7 Å². The molecule has 2 aromatic rings. The third-order valence-electron chi connectivity index (χ3n) is 9.24. The van der Waals surface area contributed by atoms with Gasteiger partial charge >= 0.3 is 0 Å². The Morgan fingerprint density at radius 2 is 1.54 bits per heavy atom. The zero-order valence-electron chi connectivity index (χ0n) is 25.1. The summed E-state index contributed by atoms with van der Waals surface area (Å²) in [5.74, 6) is 0.692. The highest BCUT2D eigenvalue weighted by atomic mass is 32.2. The fraction of sp³-hybridized carbons (Fsp3) is 0.600. The number of benzene rings is 2. The number of carbonyl (C=O) groups is 2. The summed E-state index contributed by atoms with van der Waals surface area (Å²) >= 11 is 1.55. The maximum Gasteiger partial charge on any atom is 0.252 e. The molecule has 0 aromatic heterocycles. The van der Waals surface area contributed by atoms with Crippen LogP contribution in [0.5, 0.6) is 0 Å². The smallest absolute Gasteiger partial charge is 0.252 e. The van der Waals surface area contributed by atoms with E-state index in [4.69, 9.17) is 0 Å². The van der Waals surface area contributed by atoms with Crippen molar-refractivity contribution in [2.24, 2.45) is 11.8 Å². The largest absolute Gasteiger partial charge is 0.548 e. The molecule has 6 heteroatoms. The lowest BCUT2D eigenvalue weighted by atomic mass is 9.79. The minimum atomic E-state index is -1.24. The Kier molecular flexibility index (Phi) is 12.6. The highest BCUT2D eigenvalue weighted by Gasteiger charge is 2.24. The van der Waals surface area contributed by atoms with Crippen LogP contribution in [-0.2, 0) is 11.3 Å². The number of nitrogens with one attached hydrogen (secondary N) is 2. The molecule has 0 heterocycles. The van der Waals surface area contributed by atoms with Crippen LogP contribution in [0, 0.1) is 18.8 Å². The Hall–Kier alpha value is -2.31. The molecule has 2 saturated carbocycles. The zero-order valence-corrected chi connectivity index (χ0v) is 25.9. The van der Waals surface area contributed by atoms with Gasteiger partial charge in [-0.1, -0.05) is 94.5 Å². The SMILES string of the molecule is CSCC[C@H](NC(=O)c1ccc(CNC(CC2CCCCC2)CC2CCCCC2)cc1-c1ccccc1C)C(=O)[O-]. The van der Waals surface area contributed by atoms with Gasteiger partial charge in [-0.15, -0.1) is 0 Å². The van der Waals surface area contributed by atoms with Gasteiger partial charge in [-0.3, -0.25) is 4.79 Å². The van der Waals surface area contributed by atoms with E-state index in [1.165, 1.54) is 77.0 Å². The average molecular weight is 578 g/mol. The summed E-state index contributed by atoms with van der Waals surface area (Å²) in [6.07, 6.45) is 18.5. The molecule has 2 aromatic carbocycles. The molecule has 0 unspecified atom stereocenters. The van der Waals surface area contributed by atoms with E-state index in [1.54, 1.807) is 11.8 Å². The fourth-order valence-corrected chi connectivity index (χ4v) is 7.36. The minimum absolute atomic E-state index is 0.334. The minimum Gasteiger partial charge on any atom is -0.548 e. The summed E-state index contributed by atoms with van der Waals surface area (Å²) in [7, 11) is 0. The number of carboxylic acids is 1. The fourth-order valence-electron chi connectivity index (χ4n) is 6.89. The molecular formula is C35H49N2O3S-. The molecule has 0 spiro atoms. The van der Waals surface area contributed by atoms with Crippen molar-refractivity contribution >= 4 is 23.6 Å². The number of aryl methyl sites for hydroxylation is 1. The first kappa shape index (κ1) is 31.6. The lowest BCUT2D eigenvalue weighted by Gasteiger charge is -2.31. The van der Waals surface area contributed by atoms with E-state index in [2.05, 4.69) is 29.7 Å². The monoisotopic (exact) mass is 577 g/mol. The third kappa shape index (κ3) is 9.61. The second kappa shape index (κ2) is 16.4. The van der Waals surface area contributed by atoms with Crippen LogP contribution in [0.15, 0.2) is 42.5 Å². The molecule has 2 N–H and O–H groups in total. The Balaban J connectivity index is 1.53. The maximum absolute atomic E-state index is 13.4. The van der Waals surface area contributed by atoms with E-state index in [9.17, 15) is 14.7 Å². The van der Waals surface area contributed by atoms with Crippen molar-refractivity contribution in [2.45, 2.75) is 109 Å². The van der Waals surface area contributed by atoms with E-state index < -0.39 is 12.0 Å². The summed E-state index contributed by atoms with van der Waals surface area (Å²) in [6, 6.07) is 13.6. The van der Waals surface area contributed by atoms with Crippen LogP contribution in [0.3, 0.4) is 0 Å². The Morgan fingerprint density at radius 3 is 2.12 bits per heavy atom. The summed E-state index contributed by atoms with van der Waals surface area (Å²) in [6.45, 7) is 2.81. The lowest BCUT2D eigenvalue weighted by Crippen LogP contribution is -2.48. The van der Waals surface area contributed by atoms with E-state index >= 15 is 0 Å². The number of hydrogen-bond donors (Lipinski definition) is 2. The second-order valence-corrected chi connectivity index (χ2v) is 13.4. The molecule has 4 rings (SSSR count). The van der Waals surface area contributed by atoms with Gasteiger partial charge in [0.05, 0.1) is 12.0 Å². The Morgan fingerprint density at radius 1 is 0.902 bits per heavy atom. The predicted octanol–water partition coefficient (Wildman–Crippen LogP) is 6.66. The highest BCUT2D eigenvalue weighted by molar-refractivity contribution is 7.98. The quantitative estimate of drug-likeness (QED) is 0.262. The van der Waals surface area contributed by atoms with Crippen LogP contribution in [-0.4, -0.2) is 36.0 Å². The summed E-state index contributed by atoms with van der Waals surface area (Å²) in [5.41, 5.74) is 4.57. The topological polar surface area (TPSA) is 81.3 Å². The number of amides is 1. The van der Waals surface area contributed by atoms with Crippen molar-refractivity contribution in [2.75, 3.05) is 12.0 Å². The van der Waals surface area contributed by atoms with Crippen molar-refractivity contribution in [3.05, 3.63) is 59.2 Å². The standard InChI is InChI=1S/C35H50N2O3S/c1-25-11-9-10-16-30(25)32-23-28(17-18-31(32)34(38)37-33(35(39)40)19-20-41-2)24-36-29(21-26-12-5-3-6-13-26)22-27-14-7-4-8-15-27/h9-11,16-18,23,26-27,29,33,36H,3-8,12-15,19-22,24H2,1-2H3,(H,37,38)(H,39,40)/p-1/t33-/m0/s1. The molecule has 5 nitrogen and oxygen atoms in total. The van der Waals surface area contributed by atoms with E-state index in [1.807, 2.05) is 36.6 Å². The number of carboxylic acid groups (broad SMARTS) is 1. The molecule has 1 atom stereocenters. The Bertz CT molecular complexity index is 1100. The molecule has 0 radical (unpaired) electrons. The van der Waals surface area contributed by atoms with Gasteiger partial charge in [-0.2, -0.15) is 11.8 Å². The molecule has 41 heavy (non-hydrogen) atoms. The molecule has 1 amide bonds. The summed E-state index contributed by atoms with van der Waals surface area (Å²) < 4.78 is 0. The van der Waals surface area contributed by atoms with Gasteiger partial charge in [0.15, 0.2) is 0 Å². The highest BCUT2D eigenvalue weighted by Crippen LogP contribution is 2.33. The molecule has 2 aliphatic carbocycles. The van der Waals surface area contributed by atoms with Crippen molar-refractivity contribution in [1.29, 1.82) is 0 Å². The van der Waals surface area contributed by atoms with Gasteiger partial charge in [0.25, 0.3) is 5.91 Å². The maximum atomic E-state index is 13.4. The number of aliphatic carboxylic acids is 1. The van der Waals surface area contributed by atoms with Gasteiger partial charge in [-0.05, 0) is 84.4 Å². The van der Waals surface area contributed by atoms with Crippen LogP contribution in [0.1, 0.15) is 105 Å². The average Bonchev–Trinajstić information content (AvgIpc) is 2.99. The summed E-state index contributed by atoms with van der Waals surface area (Å²) in [4.78, 5) is 25.2.